The van der Waals surface area contributed by atoms with Crippen molar-refractivity contribution in [3.63, 3.8) is 0 Å². The molecule has 0 aliphatic heterocycles. The second-order valence-corrected chi connectivity index (χ2v) is 13.3. The summed E-state index contributed by atoms with van der Waals surface area (Å²) in [6.45, 7) is 19.5. The van der Waals surface area contributed by atoms with E-state index in [0.717, 1.165) is 0 Å². The molecule has 150 valence electrons. The van der Waals surface area contributed by atoms with E-state index in [-0.39, 0.29) is 17.6 Å². The van der Waals surface area contributed by atoms with Gasteiger partial charge in [-0.2, -0.15) is 0 Å². The number of ether oxygens (including phenoxy) is 4. The third-order valence-corrected chi connectivity index (χ3v) is 8.42. The molecule has 0 aromatic heterocycles. The van der Waals surface area contributed by atoms with Gasteiger partial charge in [0.1, 0.15) is 12.2 Å². The van der Waals surface area contributed by atoms with Crippen molar-refractivity contribution in [2.24, 2.45) is 0 Å². The first-order valence-electron chi connectivity index (χ1n) is 8.94. The lowest BCUT2D eigenvalue weighted by atomic mass is 10.2. The zero-order valence-corrected chi connectivity index (χ0v) is 18.4. The lowest BCUT2D eigenvalue weighted by Gasteiger charge is -2.36. The van der Waals surface area contributed by atoms with Crippen molar-refractivity contribution >= 4 is 14.3 Å². The molecule has 0 spiro atoms. The molecule has 0 heterocycles. The fraction of sp³-hybridized carbons (Fsp3) is 0.944. The molecule has 0 aliphatic rings. The molecule has 0 rings (SSSR count). The van der Waals surface area contributed by atoms with Gasteiger partial charge in [0.2, 0.25) is 0 Å². The summed E-state index contributed by atoms with van der Waals surface area (Å²) < 4.78 is 27.2. The lowest BCUT2D eigenvalue weighted by Crippen LogP contribution is -2.41. The van der Waals surface area contributed by atoms with Crippen LogP contribution in [-0.4, -0.2) is 66.1 Å². The summed E-state index contributed by atoms with van der Waals surface area (Å²) in [6.07, 6.45) is 0. The molecule has 0 aromatic rings. The highest BCUT2D eigenvalue weighted by Gasteiger charge is 2.36. The summed E-state index contributed by atoms with van der Waals surface area (Å²) in [5.41, 5.74) is -0.484. The monoisotopic (exact) mass is 378 g/mol. The van der Waals surface area contributed by atoms with Gasteiger partial charge in [0.25, 0.3) is 0 Å². The minimum atomic E-state index is -1.69. The van der Waals surface area contributed by atoms with Crippen LogP contribution >= 0.6 is 0 Å². The molecule has 0 unspecified atom stereocenters. The van der Waals surface area contributed by atoms with Gasteiger partial charge in [-0.05, 0) is 38.9 Å². The lowest BCUT2D eigenvalue weighted by molar-refractivity contribution is -0.160. The molecule has 0 radical (unpaired) electrons. The molecule has 25 heavy (non-hydrogen) atoms. The molecule has 0 amide bonds. The number of esters is 1. The van der Waals surface area contributed by atoms with E-state index in [1.165, 1.54) is 0 Å². The van der Waals surface area contributed by atoms with Crippen LogP contribution in [0.2, 0.25) is 18.1 Å². The van der Waals surface area contributed by atoms with E-state index in [9.17, 15) is 4.79 Å². The molecule has 0 saturated heterocycles. The highest BCUT2D eigenvalue weighted by Crippen LogP contribution is 2.36. The zero-order chi connectivity index (χ0) is 19.6. The second-order valence-electron chi connectivity index (χ2n) is 8.47. The molecule has 7 heteroatoms. The molecule has 0 aromatic carbocycles. The molecule has 0 bridgehead atoms. The van der Waals surface area contributed by atoms with Crippen LogP contribution in [0.4, 0.5) is 0 Å². The van der Waals surface area contributed by atoms with Crippen molar-refractivity contribution < 1.29 is 28.2 Å². The Kier molecular flexibility index (Phi) is 11.1. The Morgan fingerprint density at radius 1 is 0.760 bits per heavy atom. The quantitative estimate of drug-likeness (QED) is 0.295. The summed E-state index contributed by atoms with van der Waals surface area (Å²) in [4.78, 5) is 11.4. The van der Waals surface area contributed by atoms with Crippen LogP contribution in [0.15, 0.2) is 0 Å². The maximum absolute atomic E-state index is 11.4. The topological polar surface area (TPSA) is 63.2 Å². The van der Waals surface area contributed by atoms with Gasteiger partial charge < -0.3 is 23.4 Å². The number of carbonyl (C=O) groups excluding carboxylic acids is 1. The van der Waals surface area contributed by atoms with E-state index < -0.39 is 13.9 Å². The molecule has 0 fully saturated rings. The fourth-order valence-electron chi connectivity index (χ4n) is 1.54. The van der Waals surface area contributed by atoms with Crippen molar-refractivity contribution in [1.82, 2.24) is 0 Å². The van der Waals surface area contributed by atoms with Gasteiger partial charge in [-0.15, -0.1) is 0 Å². The van der Waals surface area contributed by atoms with Crippen molar-refractivity contribution in [2.75, 3.05) is 46.2 Å². The highest BCUT2D eigenvalue weighted by molar-refractivity contribution is 6.74. The van der Waals surface area contributed by atoms with E-state index in [0.29, 0.717) is 39.6 Å². The van der Waals surface area contributed by atoms with Crippen LogP contribution in [-0.2, 0) is 28.2 Å². The minimum Gasteiger partial charge on any atom is -0.458 e. The first-order valence-corrected chi connectivity index (χ1v) is 11.8. The van der Waals surface area contributed by atoms with Gasteiger partial charge in [0.05, 0.1) is 39.6 Å². The number of rotatable bonds is 12. The first kappa shape index (κ1) is 24.5. The maximum Gasteiger partial charge on any atom is 0.332 e. The second kappa shape index (κ2) is 11.3. The highest BCUT2D eigenvalue weighted by atomic mass is 28.4. The summed E-state index contributed by atoms with van der Waals surface area (Å²) in [7, 11) is -1.69. The SMILES string of the molecule is CC(C)(C)OC(=O)COCCOCCOCCO[Si](C)(C)C(C)(C)C. The predicted molar refractivity (Wildman–Crippen MR) is 101 cm³/mol. The smallest absolute Gasteiger partial charge is 0.332 e. The molecular weight excluding hydrogens is 340 g/mol. The number of carbonyl (C=O) groups is 1. The molecule has 0 aliphatic carbocycles. The molecule has 6 nitrogen and oxygen atoms in total. The maximum atomic E-state index is 11.4. The van der Waals surface area contributed by atoms with Crippen LogP contribution in [0.1, 0.15) is 41.5 Å². The van der Waals surface area contributed by atoms with Gasteiger partial charge in [-0.3, -0.25) is 0 Å². The Morgan fingerprint density at radius 3 is 1.64 bits per heavy atom. The normalized spacial score (nSPS) is 13.1. The van der Waals surface area contributed by atoms with E-state index >= 15 is 0 Å². The summed E-state index contributed by atoms with van der Waals surface area (Å²) in [6, 6.07) is 0. The van der Waals surface area contributed by atoms with Crippen molar-refractivity contribution in [3.8, 4) is 0 Å². The van der Waals surface area contributed by atoms with Crippen molar-refractivity contribution in [2.45, 2.75) is 65.3 Å². The van der Waals surface area contributed by atoms with Crippen LogP contribution in [0.5, 0.6) is 0 Å². The van der Waals surface area contributed by atoms with Crippen molar-refractivity contribution in [3.05, 3.63) is 0 Å². The molecular formula is C18H38O6Si. The fourth-order valence-corrected chi connectivity index (χ4v) is 2.57. The molecule has 0 atom stereocenters. The third kappa shape index (κ3) is 13.4. The van der Waals surface area contributed by atoms with E-state index in [2.05, 4.69) is 33.9 Å². The van der Waals surface area contributed by atoms with E-state index in [1.807, 2.05) is 20.8 Å². The standard InChI is InChI=1S/C18H38O6Si/c1-17(2,3)24-16(19)15-22-12-11-20-9-10-21-13-14-23-25(7,8)18(4,5)6/h9-15H2,1-8H3. The summed E-state index contributed by atoms with van der Waals surface area (Å²) >= 11 is 0. The average molecular weight is 379 g/mol. The van der Waals surface area contributed by atoms with Crippen molar-refractivity contribution in [1.29, 1.82) is 0 Å². The predicted octanol–water partition coefficient (Wildman–Crippen LogP) is 3.40. The van der Waals surface area contributed by atoms with E-state index in [1.54, 1.807) is 0 Å². The van der Waals surface area contributed by atoms with Gasteiger partial charge >= 0.3 is 5.97 Å². The Labute approximate surface area is 154 Å². The number of hydrogen-bond acceptors (Lipinski definition) is 6. The summed E-state index contributed by atoms with van der Waals surface area (Å²) in [5.74, 6) is -0.363. The van der Waals surface area contributed by atoms with Crippen LogP contribution in [0.25, 0.3) is 0 Å². The van der Waals surface area contributed by atoms with Gasteiger partial charge in [0.15, 0.2) is 8.32 Å². The average Bonchev–Trinajstić information content (AvgIpc) is 2.41. The van der Waals surface area contributed by atoms with Crippen LogP contribution in [0.3, 0.4) is 0 Å². The number of hydrogen-bond donors (Lipinski definition) is 0. The molecule has 0 N–H and O–H groups in total. The Balaban J connectivity index is 3.45. The minimum absolute atomic E-state index is 0.0537. The summed E-state index contributed by atoms with van der Waals surface area (Å²) in [5, 5.41) is 0.218. The van der Waals surface area contributed by atoms with Crippen LogP contribution < -0.4 is 0 Å². The largest absolute Gasteiger partial charge is 0.458 e. The van der Waals surface area contributed by atoms with E-state index in [4.69, 9.17) is 23.4 Å². The Bertz CT molecular complexity index is 371. The van der Waals surface area contributed by atoms with Gasteiger partial charge in [-0.25, -0.2) is 4.79 Å². The molecule has 0 saturated carbocycles. The third-order valence-electron chi connectivity index (χ3n) is 3.88. The van der Waals surface area contributed by atoms with Gasteiger partial charge in [-0.1, -0.05) is 20.8 Å². The zero-order valence-electron chi connectivity index (χ0n) is 17.4. The first-order chi connectivity index (χ1) is 11.4. The van der Waals surface area contributed by atoms with Crippen LogP contribution in [0, 0.1) is 0 Å². The Morgan fingerprint density at radius 2 is 1.20 bits per heavy atom. The van der Waals surface area contributed by atoms with Gasteiger partial charge in [0, 0.05) is 0 Å². The Hall–Kier alpha value is -0.473.